The van der Waals surface area contributed by atoms with E-state index >= 15 is 0 Å². The zero-order chi connectivity index (χ0) is 26.5. The molecule has 13 heteroatoms. The highest BCUT2D eigenvalue weighted by Gasteiger charge is 2.47. The van der Waals surface area contributed by atoms with E-state index in [1.165, 1.54) is 13.0 Å². The fourth-order valence-corrected chi connectivity index (χ4v) is 5.88. The number of nitrogens with two attached hydrogens (primary N) is 1. The van der Waals surface area contributed by atoms with Gasteiger partial charge in [0.05, 0.1) is 0 Å². The quantitative estimate of drug-likeness (QED) is 0.530. The highest BCUT2D eigenvalue weighted by molar-refractivity contribution is 7.89. The predicted octanol–water partition coefficient (Wildman–Crippen LogP) is 3.25. The first-order chi connectivity index (χ1) is 17.5. The molecule has 1 aromatic carbocycles. The lowest BCUT2D eigenvalue weighted by molar-refractivity contribution is -0.124. The summed E-state index contributed by atoms with van der Waals surface area (Å²) in [6.07, 6.45) is 6.38. The molecule has 1 aliphatic heterocycles. The van der Waals surface area contributed by atoms with Gasteiger partial charge in [-0.1, -0.05) is 19.3 Å². The van der Waals surface area contributed by atoms with Crippen LogP contribution in [0.25, 0.3) is 11.0 Å². The Morgan fingerprint density at radius 2 is 1.97 bits per heavy atom. The summed E-state index contributed by atoms with van der Waals surface area (Å²) in [5, 5.41) is 15.6. The first kappa shape index (κ1) is 25.1. The largest absolute Gasteiger partial charge is 0.324 e. The fraction of sp³-hybridized carbons (Fsp3) is 0.417. The average Bonchev–Trinajstić information content (AvgIpc) is 3.23. The second-order valence-corrected chi connectivity index (χ2v) is 11.0. The van der Waals surface area contributed by atoms with Crippen molar-refractivity contribution in [3.63, 3.8) is 0 Å². The lowest BCUT2D eigenvalue weighted by Gasteiger charge is -2.47. The maximum Gasteiger partial charge on any atom is 0.240 e. The molecule has 3 aromatic rings. The number of carbonyl (C=O) groups excluding carboxylic acids is 1. The van der Waals surface area contributed by atoms with Crippen molar-refractivity contribution < 1.29 is 17.6 Å². The Morgan fingerprint density at radius 3 is 2.59 bits per heavy atom. The van der Waals surface area contributed by atoms with Crippen molar-refractivity contribution >= 4 is 50.3 Å². The van der Waals surface area contributed by atoms with E-state index in [0.29, 0.717) is 18.0 Å². The summed E-state index contributed by atoms with van der Waals surface area (Å²) in [4.78, 5) is 22.7. The summed E-state index contributed by atoms with van der Waals surface area (Å²) in [7, 11) is -2.42. The number of benzene rings is 1. The molecule has 3 heterocycles. The molecule has 0 radical (unpaired) electrons. The average molecular weight is 529 g/mol. The molecule has 1 fully saturated rings. The number of rotatable bonds is 4. The molecule has 5 rings (SSSR count). The third-order valence-corrected chi connectivity index (χ3v) is 8.05. The van der Waals surface area contributed by atoms with Gasteiger partial charge >= 0.3 is 0 Å². The van der Waals surface area contributed by atoms with Crippen LogP contribution in [0, 0.1) is 5.82 Å². The van der Waals surface area contributed by atoms with Crippen molar-refractivity contribution in [3.8, 4) is 0 Å². The number of amidine groups is 1. The van der Waals surface area contributed by atoms with Crippen LogP contribution < -0.4 is 15.5 Å². The minimum atomic E-state index is -4.18. The highest BCUT2D eigenvalue weighted by atomic mass is 32.2. The molecule has 3 N–H and O–H groups in total. The maximum atomic E-state index is 14.4. The van der Waals surface area contributed by atoms with Crippen molar-refractivity contribution in [2.24, 2.45) is 10.2 Å². The van der Waals surface area contributed by atoms with Gasteiger partial charge in [0.15, 0.2) is 5.84 Å². The van der Waals surface area contributed by atoms with E-state index in [0.717, 1.165) is 55.4 Å². The Morgan fingerprint density at radius 1 is 1.24 bits per heavy atom. The number of hydrogen-bond donors (Lipinski definition) is 2. The van der Waals surface area contributed by atoms with Gasteiger partial charge in [-0.2, -0.15) is 10.1 Å². The SMILES string of the molecule is CCN1N=C(N(C)C(C)=O)C2(CCCCC2)n2c1cc1cnc(Nc3ccc(S(N)(=O)=O)c(F)c3)nc12. The Kier molecular flexibility index (Phi) is 6.15. The molecule has 37 heavy (non-hydrogen) atoms. The summed E-state index contributed by atoms with van der Waals surface area (Å²) in [6, 6.07) is 5.53. The number of nitrogens with zero attached hydrogens (tertiary/aromatic N) is 6. The molecular weight excluding hydrogens is 499 g/mol. The molecule has 2 aromatic heterocycles. The second kappa shape index (κ2) is 9.06. The number of aromatic nitrogens is 3. The Bertz CT molecular complexity index is 1530. The van der Waals surface area contributed by atoms with Crippen LogP contribution in [0.1, 0.15) is 46.0 Å². The lowest BCUT2D eigenvalue weighted by atomic mass is 9.79. The number of fused-ring (bicyclic) bond motifs is 4. The smallest absolute Gasteiger partial charge is 0.240 e. The van der Waals surface area contributed by atoms with Crippen molar-refractivity contribution in [2.45, 2.75) is 56.4 Å². The summed E-state index contributed by atoms with van der Waals surface area (Å²) in [5.41, 5.74) is 0.394. The molecular formula is C24H29FN8O3S. The molecule has 2 aliphatic rings. The summed E-state index contributed by atoms with van der Waals surface area (Å²) in [6.45, 7) is 4.12. The minimum Gasteiger partial charge on any atom is -0.324 e. The Labute approximate surface area is 214 Å². The third kappa shape index (κ3) is 4.21. The van der Waals surface area contributed by atoms with Gasteiger partial charge in [0.1, 0.15) is 27.7 Å². The number of hydrogen-bond acceptors (Lipinski definition) is 8. The van der Waals surface area contributed by atoms with Crippen molar-refractivity contribution in [1.82, 2.24) is 19.4 Å². The van der Waals surface area contributed by atoms with Crippen LogP contribution in [0.3, 0.4) is 0 Å². The van der Waals surface area contributed by atoms with Crippen LogP contribution in [-0.2, 0) is 20.4 Å². The lowest BCUT2D eigenvalue weighted by Crippen LogP contribution is -2.55. The molecule has 196 valence electrons. The molecule has 0 bridgehead atoms. The van der Waals surface area contributed by atoms with E-state index in [1.54, 1.807) is 18.1 Å². The standard InChI is InChI=1S/C24H29FN8O3S/c1-4-32-20-12-16-14-27-23(28-17-8-9-19(18(25)13-17)37(26,35)36)29-21(16)33(20)24(10-6-5-7-11-24)22(30-32)31(3)15(2)34/h8-9,12-14H,4-7,10-11H2,1-3H3,(H2,26,35,36)(H,27,28,29). The van der Waals surface area contributed by atoms with Crippen LogP contribution in [-0.4, -0.2) is 53.2 Å². The number of hydrazone groups is 1. The number of amides is 1. The van der Waals surface area contributed by atoms with Crippen LogP contribution >= 0.6 is 0 Å². The van der Waals surface area contributed by atoms with E-state index in [9.17, 15) is 17.6 Å². The number of sulfonamides is 1. The highest BCUT2D eigenvalue weighted by Crippen LogP contribution is 2.45. The van der Waals surface area contributed by atoms with Gasteiger partial charge in [0.25, 0.3) is 0 Å². The first-order valence-corrected chi connectivity index (χ1v) is 13.7. The topological polar surface area (TPSA) is 139 Å². The van der Waals surface area contributed by atoms with Crippen molar-refractivity contribution in [2.75, 3.05) is 23.9 Å². The Hall–Kier alpha value is -3.58. The van der Waals surface area contributed by atoms with Gasteiger partial charge in [-0.15, -0.1) is 0 Å². The summed E-state index contributed by atoms with van der Waals surface area (Å²) < 4.78 is 39.6. The Balaban J connectivity index is 1.63. The number of halogens is 1. The van der Waals surface area contributed by atoms with Crippen molar-refractivity contribution in [1.29, 1.82) is 0 Å². The number of likely N-dealkylation sites (N-methyl/N-ethyl adjacent to an activating group) is 1. The van der Waals surface area contributed by atoms with Crippen molar-refractivity contribution in [3.05, 3.63) is 36.3 Å². The molecule has 11 nitrogen and oxygen atoms in total. The van der Waals surface area contributed by atoms with Crippen LogP contribution in [0.4, 0.5) is 21.8 Å². The third-order valence-electron chi connectivity index (χ3n) is 7.11. The summed E-state index contributed by atoms with van der Waals surface area (Å²) in [5.74, 6) is 0.715. The van der Waals surface area contributed by atoms with E-state index in [-0.39, 0.29) is 17.5 Å². The zero-order valence-corrected chi connectivity index (χ0v) is 21.7. The van der Waals surface area contributed by atoms with E-state index < -0.39 is 26.3 Å². The van der Waals surface area contributed by atoms with E-state index in [4.69, 9.17) is 15.2 Å². The number of anilines is 3. The molecule has 1 saturated carbocycles. The number of nitrogens with one attached hydrogen (secondary N) is 1. The molecule has 0 unspecified atom stereocenters. The van der Waals surface area contributed by atoms with Crippen LogP contribution in [0.2, 0.25) is 0 Å². The molecule has 1 amide bonds. The minimum absolute atomic E-state index is 0.0957. The van der Waals surface area contributed by atoms with Gasteiger partial charge in [-0.05, 0) is 44.0 Å². The normalized spacial score (nSPS) is 17.0. The van der Waals surface area contributed by atoms with E-state index in [1.807, 2.05) is 18.0 Å². The summed E-state index contributed by atoms with van der Waals surface area (Å²) >= 11 is 0. The van der Waals surface area contributed by atoms with Crippen LogP contribution in [0.15, 0.2) is 40.5 Å². The fourth-order valence-electron chi connectivity index (χ4n) is 5.29. The van der Waals surface area contributed by atoms with Gasteiger partial charge in [-0.3, -0.25) is 9.36 Å². The molecule has 1 aliphatic carbocycles. The number of carbonyl (C=O) groups is 1. The van der Waals surface area contributed by atoms with E-state index in [2.05, 4.69) is 14.9 Å². The van der Waals surface area contributed by atoms with Gasteiger partial charge in [-0.25, -0.2) is 27.9 Å². The zero-order valence-electron chi connectivity index (χ0n) is 20.9. The monoisotopic (exact) mass is 528 g/mol. The molecule has 0 saturated heterocycles. The van der Waals surface area contributed by atoms with Gasteiger partial charge in [0.2, 0.25) is 21.9 Å². The first-order valence-electron chi connectivity index (χ1n) is 12.1. The van der Waals surface area contributed by atoms with Crippen LogP contribution in [0.5, 0.6) is 0 Å². The predicted molar refractivity (Wildman–Crippen MR) is 139 cm³/mol. The van der Waals surface area contributed by atoms with Gasteiger partial charge in [0, 0.05) is 37.8 Å². The molecule has 1 spiro atoms. The maximum absolute atomic E-state index is 14.4. The second-order valence-electron chi connectivity index (χ2n) is 9.44. The number of primary sulfonamides is 1. The molecule has 0 atom stereocenters. The van der Waals surface area contributed by atoms with Gasteiger partial charge < -0.3 is 10.2 Å².